The van der Waals surface area contributed by atoms with Crippen LogP contribution in [0.25, 0.3) is 0 Å². The number of aliphatic hydroxyl groups is 1. The second-order valence-electron chi connectivity index (χ2n) is 5.17. The van der Waals surface area contributed by atoms with E-state index in [4.69, 9.17) is 9.47 Å². The van der Waals surface area contributed by atoms with Crippen LogP contribution < -0.4 is 4.74 Å². The molecule has 1 aromatic rings. The fourth-order valence-corrected chi connectivity index (χ4v) is 2.31. The van der Waals surface area contributed by atoms with Crippen molar-refractivity contribution in [2.45, 2.75) is 26.1 Å². The molecule has 2 atom stereocenters. The Kier molecular flexibility index (Phi) is 5.19. The van der Waals surface area contributed by atoms with Gasteiger partial charge in [-0.25, -0.2) is 0 Å². The van der Waals surface area contributed by atoms with Crippen LogP contribution in [0.3, 0.4) is 0 Å². The summed E-state index contributed by atoms with van der Waals surface area (Å²) in [5, 5.41) is 10.0. The molecule has 4 nitrogen and oxygen atoms in total. The summed E-state index contributed by atoms with van der Waals surface area (Å²) in [4.78, 5) is 2.22. The van der Waals surface area contributed by atoms with Crippen LogP contribution >= 0.6 is 0 Å². The zero-order valence-corrected chi connectivity index (χ0v) is 11.7. The van der Waals surface area contributed by atoms with Gasteiger partial charge < -0.3 is 14.6 Å². The highest BCUT2D eigenvalue weighted by atomic mass is 16.5. The molecule has 1 fully saturated rings. The van der Waals surface area contributed by atoms with Crippen molar-refractivity contribution in [3.05, 3.63) is 29.8 Å². The average molecular weight is 265 g/mol. The smallest absolute Gasteiger partial charge is 0.122 e. The summed E-state index contributed by atoms with van der Waals surface area (Å²) in [5.74, 6) is 0.844. The normalized spacial score (nSPS) is 22.2. The summed E-state index contributed by atoms with van der Waals surface area (Å²) in [7, 11) is 0. The lowest BCUT2D eigenvalue weighted by atomic mass is 10.2. The zero-order valence-electron chi connectivity index (χ0n) is 11.7. The first-order chi connectivity index (χ1) is 9.15. The minimum absolute atomic E-state index is 0.248. The van der Waals surface area contributed by atoms with Crippen molar-refractivity contribution >= 4 is 0 Å². The Balaban J connectivity index is 1.75. The van der Waals surface area contributed by atoms with E-state index in [-0.39, 0.29) is 6.10 Å². The third-order valence-electron chi connectivity index (χ3n) is 3.32. The van der Waals surface area contributed by atoms with Crippen molar-refractivity contribution in [2.24, 2.45) is 0 Å². The second kappa shape index (κ2) is 6.89. The molecule has 1 heterocycles. The summed E-state index contributed by atoms with van der Waals surface area (Å²) in [6, 6.07) is 7.86. The van der Waals surface area contributed by atoms with Crippen LogP contribution in [0.4, 0.5) is 0 Å². The van der Waals surface area contributed by atoms with Crippen LogP contribution in [0.5, 0.6) is 5.75 Å². The molecule has 0 radical (unpaired) electrons. The number of aliphatic hydroxyl groups excluding tert-OH is 1. The number of ether oxygens (including phenoxy) is 2. The van der Waals surface area contributed by atoms with E-state index in [0.29, 0.717) is 13.2 Å². The molecule has 0 aromatic heterocycles. The van der Waals surface area contributed by atoms with Crippen LogP contribution in [0.15, 0.2) is 24.3 Å². The van der Waals surface area contributed by atoms with Gasteiger partial charge in [-0.2, -0.15) is 0 Å². The Labute approximate surface area is 114 Å². The molecule has 1 aliphatic heterocycles. The summed E-state index contributed by atoms with van der Waals surface area (Å²) in [5.41, 5.74) is 1.09. The molecular formula is C15H23NO3. The third kappa shape index (κ3) is 4.49. The third-order valence-corrected chi connectivity index (χ3v) is 3.32. The molecule has 4 heteroatoms. The van der Waals surface area contributed by atoms with E-state index >= 15 is 0 Å². The van der Waals surface area contributed by atoms with Gasteiger partial charge >= 0.3 is 0 Å². The number of β-amino-alcohol motifs (C(OH)–C–C–N with tert-alkyl or cyclic N) is 1. The predicted octanol–water partition coefficient (Wildman–Crippen LogP) is 1.46. The van der Waals surface area contributed by atoms with E-state index in [1.807, 2.05) is 31.2 Å². The van der Waals surface area contributed by atoms with Crippen molar-refractivity contribution in [3.63, 3.8) is 0 Å². The molecule has 0 saturated carbocycles. The first kappa shape index (κ1) is 14.3. The highest BCUT2D eigenvalue weighted by Crippen LogP contribution is 2.16. The summed E-state index contributed by atoms with van der Waals surface area (Å²) in [6.45, 7) is 7.53. The van der Waals surface area contributed by atoms with Crippen molar-refractivity contribution in [1.82, 2.24) is 4.90 Å². The Morgan fingerprint density at radius 1 is 1.47 bits per heavy atom. The van der Waals surface area contributed by atoms with Gasteiger partial charge in [0.2, 0.25) is 0 Å². The first-order valence-electron chi connectivity index (χ1n) is 6.85. The minimum Gasteiger partial charge on any atom is -0.491 e. The van der Waals surface area contributed by atoms with Crippen LogP contribution in [-0.4, -0.2) is 55.1 Å². The van der Waals surface area contributed by atoms with E-state index in [1.165, 1.54) is 0 Å². The fraction of sp³-hybridized carbons (Fsp3) is 0.600. The number of hydrogen-bond acceptors (Lipinski definition) is 4. The van der Waals surface area contributed by atoms with Crippen LogP contribution in [0.1, 0.15) is 12.5 Å². The largest absolute Gasteiger partial charge is 0.491 e. The van der Waals surface area contributed by atoms with Crippen molar-refractivity contribution in [3.8, 4) is 5.75 Å². The Hall–Kier alpha value is -1.10. The molecule has 0 aliphatic carbocycles. The molecule has 106 valence electrons. The van der Waals surface area contributed by atoms with Gasteiger partial charge in [0.15, 0.2) is 0 Å². The van der Waals surface area contributed by atoms with Crippen LogP contribution in [0, 0.1) is 6.92 Å². The molecule has 0 bridgehead atoms. The van der Waals surface area contributed by atoms with E-state index in [9.17, 15) is 5.11 Å². The predicted molar refractivity (Wildman–Crippen MR) is 74.5 cm³/mol. The molecule has 1 aliphatic rings. The number of benzene rings is 1. The van der Waals surface area contributed by atoms with Crippen LogP contribution in [-0.2, 0) is 4.74 Å². The van der Waals surface area contributed by atoms with E-state index in [1.54, 1.807) is 0 Å². The monoisotopic (exact) mass is 265 g/mol. The number of rotatable bonds is 5. The fourth-order valence-electron chi connectivity index (χ4n) is 2.31. The average Bonchev–Trinajstić information content (AvgIpc) is 2.38. The Morgan fingerprint density at radius 3 is 3.00 bits per heavy atom. The standard InChI is InChI=1S/C15H23NO3/c1-12-5-3-4-6-15(12)19-11-14(17)10-16-7-8-18-13(2)9-16/h3-6,13-14,17H,7-11H2,1-2H3/t13-,14+/m1/s1. The molecule has 19 heavy (non-hydrogen) atoms. The quantitative estimate of drug-likeness (QED) is 0.875. The molecule has 1 N–H and O–H groups in total. The van der Waals surface area contributed by atoms with Crippen molar-refractivity contribution < 1.29 is 14.6 Å². The highest BCUT2D eigenvalue weighted by Gasteiger charge is 2.19. The number of hydrogen-bond donors (Lipinski definition) is 1. The Bertz CT molecular complexity index is 397. The maximum atomic E-state index is 10.0. The molecule has 1 aromatic carbocycles. The van der Waals surface area contributed by atoms with Gasteiger partial charge in [0.1, 0.15) is 18.5 Å². The lowest BCUT2D eigenvalue weighted by Crippen LogP contribution is -2.45. The van der Waals surface area contributed by atoms with Crippen LogP contribution in [0.2, 0.25) is 0 Å². The zero-order chi connectivity index (χ0) is 13.7. The molecule has 2 rings (SSSR count). The van der Waals surface area contributed by atoms with Gasteiger partial charge in [-0.3, -0.25) is 4.90 Å². The van der Waals surface area contributed by atoms with Crippen molar-refractivity contribution in [1.29, 1.82) is 0 Å². The molecule has 0 amide bonds. The maximum Gasteiger partial charge on any atom is 0.122 e. The van der Waals surface area contributed by atoms with Crippen molar-refractivity contribution in [2.75, 3.05) is 32.8 Å². The summed E-state index contributed by atoms with van der Waals surface area (Å²) < 4.78 is 11.1. The Morgan fingerprint density at radius 2 is 2.26 bits per heavy atom. The van der Waals surface area contributed by atoms with Gasteiger partial charge in [0, 0.05) is 19.6 Å². The van der Waals surface area contributed by atoms with Gasteiger partial charge in [-0.15, -0.1) is 0 Å². The topological polar surface area (TPSA) is 41.9 Å². The SMILES string of the molecule is Cc1ccccc1OC[C@@H](O)CN1CCO[C@H](C)C1. The molecule has 0 spiro atoms. The number of para-hydroxylation sites is 1. The van der Waals surface area contributed by atoms with Gasteiger partial charge in [0.05, 0.1) is 12.7 Å². The number of aryl methyl sites for hydroxylation is 1. The second-order valence-corrected chi connectivity index (χ2v) is 5.17. The van der Waals surface area contributed by atoms with E-state index in [0.717, 1.165) is 31.0 Å². The maximum absolute atomic E-state index is 10.0. The minimum atomic E-state index is -0.468. The van der Waals surface area contributed by atoms with E-state index in [2.05, 4.69) is 11.8 Å². The molecular weight excluding hydrogens is 242 g/mol. The summed E-state index contributed by atoms with van der Waals surface area (Å²) >= 11 is 0. The first-order valence-corrected chi connectivity index (χ1v) is 6.85. The number of morpholine rings is 1. The number of nitrogens with zero attached hydrogens (tertiary/aromatic N) is 1. The lowest BCUT2D eigenvalue weighted by molar-refractivity contribution is -0.0361. The van der Waals surface area contributed by atoms with Gasteiger partial charge in [0.25, 0.3) is 0 Å². The van der Waals surface area contributed by atoms with Gasteiger partial charge in [-0.1, -0.05) is 18.2 Å². The lowest BCUT2D eigenvalue weighted by Gasteiger charge is -2.32. The highest BCUT2D eigenvalue weighted by molar-refractivity contribution is 5.31. The molecule has 1 saturated heterocycles. The summed E-state index contributed by atoms with van der Waals surface area (Å²) in [6.07, 6.45) is -0.219. The van der Waals surface area contributed by atoms with Gasteiger partial charge in [-0.05, 0) is 25.5 Å². The van der Waals surface area contributed by atoms with E-state index < -0.39 is 6.10 Å². The molecule has 0 unspecified atom stereocenters.